The number of hydrogen-bond donors (Lipinski definition) is 0. The molecule has 7 rings (SSSR count). The van der Waals surface area contributed by atoms with Gasteiger partial charge < -0.3 is 0 Å². The molecule has 0 aliphatic carbocycles. The molecule has 1 aliphatic heterocycles. The van der Waals surface area contributed by atoms with Crippen LogP contribution in [0.2, 0.25) is 0 Å². The summed E-state index contributed by atoms with van der Waals surface area (Å²) in [6.45, 7) is 2.04. The van der Waals surface area contributed by atoms with Gasteiger partial charge in [-0.25, -0.2) is 18.4 Å². The predicted octanol–water partition coefficient (Wildman–Crippen LogP) is 6.68. The van der Waals surface area contributed by atoms with E-state index in [2.05, 4.69) is 6.07 Å². The van der Waals surface area contributed by atoms with Gasteiger partial charge in [-0.05, 0) is 47.5 Å². The van der Waals surface area contributed by atoms with E-state index >= 15 is 0 Å². The van der Waals surface area contributed by atoms with Gasteiger partial charge in [0.1, 0.15) is 10.8 Å². The van der Waals surface area contributed by atoms with Gasteiger partial charge in [0, 0.05) is 12.0 Å². The first-order valence-electron chi connectivity index (χ1n) is 11.4. The number of para-hydroxylation sites is 2. The summed E-state index contributed by atoms with van der Waals surface area (Å²) in [6, 6.07) is 27.3. The Kier molecular flexibility index (Phi) is 4.31. The first-order valence-corrected chi connectivity index (χ1v) is 13.7. The van der Waals surface area contributed by atoms with Crippen molar-refractivity contribution in [2.45, 2.75) is 23.1 Å². The van der Waals surface area contributed by atoms with Gasteiger partial charge in [0.15, 0.2) is 0 Å². The summed E-state index contributed by atoms with van der Waals surface area (Å²) in [6.07, 6.45) is 0.711. The smallest absolute Gasteiger partial charge is 0.210 e. The van der Waals surface area contributed by atoms with Crippen LogP contribution in [0.1, 0.15) is 12.7 Å². The second kappa shape index (κ2) is 7.34. The highest BCUT2D eigenvalue weighted by atomic mass is 32.2. The quantitative estimate of drug-likeness (QED) is 0.275. The SMILES string of the molecule is CCc1nc2cccc3c2n1-c1ccc(-c2ccc(-c4nc5ccccc5s4)cc2)cc1S3(=O)=O. The molecule has 0 amide bonds. The molecule has 1 aliphatic rings. The minimum Gasteiger partial charge on any atom is -0.294 e. The van der Waals surface area contributed by atoms with Crippen LogP contribution in [0.3, 0.4) is 0 Å². The Morgan fingerprint density at radius 3 is 2.31 bits per heavy atom. The van der Waals surface area contributed by atoms with Crippen LogP contribution in [0.15, 0.2) is 94.7 Å². The number of aryl methyl sites for hydroxylation is 1. The number of imidazole rings is 1. The van der Waals surface area contributed by atoms with Crippen molar-refractivity contribution >= 4 is 42.4 Å². The molecule has 170 valence electrons. The normalized spacial score (nSPS) is 13.9. The highest BCUT2D eigenvalue weighted by Gasteiger charge is 2.33. The van der Waals surface area contributed by atoms with Crippen molar-refractivity contribution in [1.82, 2.24) is 14.5 Å². The molecule has 0 spiro atoms. The molecule has 0 fully saturated rings. The van der Waals surface area contributed by atoms with Crippen molar-refractivity contribution in [1.29, 1.82) is 0 Å². The largest absolute Gasteiger partial charge is 0.294 e. The second-order valence-corrected chi connectivity index (χ2v) is 11.5. The van der Waals surface area contributed by atoms with Crippen molar-refractivity contribution in [2.24, 2.45) is 0 Å². The zero-order chi connectivity index (χ0) is 23.7. The van der Waals surface area contributed by atoms with Gasteiger partial charge in [0.05, 0.1) is 36.7 Å². The van der Waals surface area contributed by atoms with Crippen LogP contribution in [0.5, 0.6) is 0 Å². The lowest BCUT2D eigenvalue weighted by Gasteiger charge is -2.21. The Labute approximate surface area is 206 Å². The monoisotopic (exact) mass is 493 g/mol. The minimum atomic E-state index is -3.67. The van der Waals surface area contributed by atoms with Crippen molar-refractivity contribution in [3.05, 3.63) is 90.8 Å². The van der Waals surface area contributed by atoms with E-state index in [0.717, 1.165) is 37.7 Å². The summed E-state index contributed by atoms with van der Waals surface area (Å²) in [5.41, 5.74) is 5.90. The summed E-state index contributed by atoms with van der Waals surface area (Å²) in [5, 5.41) is 0.971. The molecule has 0 bridgehead atoms. The Hall–Kier alpha value is -3.81. The number of aromatic nitrogens is 3. The van der Waals surface area contributed by atoms with Crippen LogP contribution in [0, 0.1) is 0 Å². The van der Waals surface area contributed by atoms with E-state index in [1.165, 1.54) is 0 Å². The maximum Gasteiger partial charge on any atom is 0.210 e. The van der Waals surface area contributed by atoms with Crippen molar-refractivity contribution in [3.8, 4) is 27.4 Å². The van der Waals surface area contributed by atoms with Crippen molar-refractivity contribution in [2.75, 3.05) is 0 Å². The lowest BCUT2D eigenvalue weighted by Crippen LogP contribution is -2.16. The van der Waals surface area contributed by atoms with Crippen LogP contribution >= 0.6 is 11.3 Å². The summed E-state index contributed by atoms with van der Waals surface area (Å²) in [4.78, 5) is 10.1. The maximum atomic E-state index is 13.6. The van der Waals surface area contributed by atoms with Crippen molar-refractivity contribution < 1.29 is 8.42 Å². The first-order chi connectivity index (χ1) is 17.0. The fraction of sp³-hybridized carbons (Fsp3) is 0.0714. The second-order valence-electron chi connectivity index (χ2n) is 8.59. The molecule has 0 unspecified atom stereocenters. The molecule has 7 heteroatoms. The lowest BCUT2D eigenvalue weighted by molar-refractivity contribution is 0.594. The number of rotatable bonds is 3. The molecule has 6 aromatic rings. The van der Waals surface area contributed by atoms with E-state index in [1.807, 2.05) is 72.2 Å². The summed E-state index contributed by atoms with van der Waals surface area (Å²) >= 11 is 1.67. The van der Waals surface area contributed by atoms with E-state index in [-0.39, 0.29) is 0 Å². The predicted molar refractivity (Wildman–Crippen MR) is 140 cm³/mol. The molecule has 5 nitrogen and oxygen atoms in total. The number of hydrogen-bond acceptors (Lipinski definition) is 5. The summed E-state index contributed by atoms with van der Waals surface area (Å²) in [5.74, 6) is 0.858. The molecule has 0 saturated carbocycles. The average Bonchev–Trinajstić information content (AvgIpc) is 3.49. The van der Waals surface area contributed by atoms with Gasteiger partial charge in [-0.1, -0.05) is 55.5 Å². The van der Waals surface area contributed by atoms with Gasteiger partial charge in [0.2, 0.25) is 9.84 Å². The fourth-order valence-electron chi connectivity index (χ4n) is 4.87. The van der Waals surface area contributed by atoms with Gasteiger partial charge in [-0.15, -0.1) is 11.3 Å². The number of benzene rings is 4. The van der Waals surface area contributed by atoms with Crippen LogP contribution in [-0.2, 0) is 16.3 Å². The van der Waals surface area contributed by atoms with E-state index < -0.39 is 9.84 Å². The van der Waals surface area contributed by atoms with Crippen LogP contribution in [-0.4, -0.2) is 23.0 Å². The maximum absolute atomic E-state index is 13.6. The molecule has 0 radical (unpaired) electrons. The van der Waals surface area contributed by atoms with Crippen molar-refractivity contribution in [3.63, 3.8) is 0 Å². The van der Waals surface area contributed by atoms with Gasteiger partial charge in [-0.3, -0.25) is 4.57 Å². The molecule has 2 aromatic heterocycles. The summed E-state index contributed by atoms with van der Waals surface area (Å²) < 4.78 is 30.4. The van der Waals surface area contributed by atoms with E-state index in [9.17, 15) is 8.42 Å². The molecule has 35 heavy (non-hydrogen) atoms. The molecule has 0 saturated heterocycles. The van der Waals surface area contributed by atoms with Gasteiger partial charge >= 0.3 is 0 Å². The Bertz CT molecular complexity index is 1870. The highest BCUT2D eigenvalue weighted by Crippen LogP contribution is 2.41. The Morgan fingerprint density at radius 2 is 1.51 bits per heavy atom. The molecule has 0 atom stereocenters. The van der Waals surface area contributed by atoms with Crippen LogP contribution in [0.4, 0.5) is 0 Å². The first kappa shape index (κ1) is 20.6. The Morgan fingerprint density at radius 1 is 0.771 bits per heavy atom. The number of sulfone groups is 1. The standard InChI is InChI=1S/C28H19N3O2S2/c1-2-26-29-21-7-5-9-24-27(21)31(26)22-15-14-19(16-25(22)35(24,32)33)17-10-12-18(13-11-17)28-30-20-6-3-4-8-23(20)34-28/h3-16H,2H2,1H3. The average molecular weight is 494 g/mol. The molecule has 0 N–H and O–H groups in total. The summed E-state index contributed by atoms with van der Waals surface area (Å²) in [7, 11) is -3.67. The lowest BCUT2D eigenvalue weighted by atomic mass is 10.0. The van der Waals surface area contributed by atoms with E-state index in [4.69, 9.17) is 9.97 Å². The third-order valence-electron chi connectivity index (χ3n) is 6.56. The van der Waals surface area contributed by atoms with Crippen LogP contribution < -0.4 is 0 Å². The Balaban J connectivity index is 1.35. The van der Waals surface area contributed by atoms with Gasteiger partial charge in [0.25, 0.3) is 0 Å². The zero-order valence-electron chi connectivity index (χ0n) is 18.8. The third-order valence-corrected chi connectivity index (χ3v) is 9.46. The topological polar surface area (TPSA) is 64.8 Å². The number of fused-ring (bicyclic) bond motifs is 3. The molecule has 3 heterocycles. The number of nitrogens with zero attached hydrogens (tertiary/aromatic N) is 3. The van der Waals surface area contributed by atoms with E-state index in [0.29, 0.717) is 32.9 Å². The van der Waals surface area contributed by atoms with E-state index in [1.54, 1.807) is 29.5 Å². The molecular formula is C28H19N3O2S2. The molecule has 4 aromatic carbocycles. The number of thiazole rings is 1. The minimum absolute atomic E-state index is 0.318. The van der Waals surface area contributed by atoms with Crippen LogP contribution in [0.25, 0.3) is 48.6 Å². The fourth-order valence-corrected chi connectivity index (χ4v) is 7.50. The highest BCUT2D eigenvalue weighted by molar-refractivity contribution is 7.92. The third kappa shape index (κ3) is 2.95. The molecular weight excluding hydrogens is 474 g/mol. The zero-order valence-corrected chi connectivity index (χ0v) is 20.4. The van der Waals surface area contributed by atoms with Gasteiger partial charge in [-0.2, -0.15) is 0 Å².